The van der Waals surface area contributed by atoms with Gasteiger partial charge >= 0.3 is 39.5 Å². The third-order valence-electron chi connectivity index (χ3n) is 16.8. The number of carbonyl (C=O) groups is 4. The zero-order valence-electron chi connectivity index (χ0n) is 64.3. The van der Waals surface area contributed by atoms with Crippen LogP contribution in [0.25, 0.3) is 0 Å². The summed E-state index contributed by atoms with van der Waals surface area (Å²) in [6.45, 7) is 4.66. The number of unbranched alkanes of at least 4 members (excludes halogenated alkanes) is 31. The molecule has 5 atom stereocenters. The molecule has 0 aliphatic heterocycles. The predicted molar refractivity (Wildman–Crippen MR) is 418 cm³/mol. The van der Waals surface area contributed by atoms with Gasteiger partial charge in [-0.2, -0.15) is 0 Å². The molecule has 3 N–H and O–H groups in total. The average molecular weight is 1480 g/mol. The Balaban J connectivity index is 5.40. The van der Waals surface area contributed by atoms with Crippen LogP contribution in [0, 0.1) is 0 Å². The molecule has 0 heterocycles. The molecule has 5 unspecified atom stereocenters. The highest BCUT2D eigenvalue weighted by atomic mass is 31.2. The van der Waals surface area contributed by atoms with Gasteiger partial charge in [0.25, 0.3) is 0 Å². The van der Waals surface area contributed by atoms with E-state index in [1.165, 1.54) is 116 Å². The van der Waals surface area contributed by atoms with E-state index in [1.54, 1.807) is 0 Å². The summed E-state index contributed by atoms with van der Waals surface area (Å²) in [5.41, 5.74) is 0. The third-order valence-corrected chi connectivity index (χ3v) is 18.7. The number of allylic oxidation sites excluding steroid dienone is 18. The number of hydrogen-bond donors (Lipinski definition) is 3. The van der Waals surface area contributed by atoms with Crippen molar-refractivity contribution >= 4 is 39.5 Å². The third kappa shape index (κ3) is 74.0. The van der Waals surface area contributed by atoms with Crippen molar-refractivity contribution in [3.8, 4) is 0 Å². The minimum absolute atomic E-state index is 0.0324. The van der Waals surface area contributed by atoms with Gasteiger partial charge in [-0.1, -0.05) is 317 Å². The first kappa shape index (κ1) is 97.7. The van der Waals surface area contributed by atoms with Gasteiger partial charge in [-0.3, -0.25) is 37.3 Å². The van der Waals surface area contributed by atoms with E-state index in [4.69, 9.17) is 37.0 Å². The second kappa shape index (κ2) is 75.0. The van der Waals surface area contributed by atoms with Gasteiger partial charge in [-0.15, -0.1) is 0 Å². The van der Waals surface area contributed by atoms with E-state index in [0.29, 0.717) is 32.1 Å². The van der Waals surface area contributed by atoms with E-state index in [-0.39, 0.29) is 25.7 Å². The molecule has 588 valence electrons. The van der Waals surface area contributed by atoms with Crippen LogP contribution in [0.4, 0.5) is 0 Å². The fourth-order valence-electron chi connectivity index (χ4n) is 10.7. The van der Waals surface area contributed by atoms with Crippen molar-refractivity contribution in [1.82, 2.24) is 0 Å². The number of rotatable bonds is 75. The number of phosphoric acid groups is 2. The second-order valence-corrected chi connectivity index (χ2v) is 29.5. The molecule has 0 amide bonds. The molecule has 102 heavy (non-hydrogen) atoms. The number of carbonyl (C=O) groups excluding carboxylic acids is 4. The van der Waals surface area contributed by atoms with Crippen LogP contribution in [0.2, 0.25) is 0 Å². The van der Waals surface area contributed by atoms with Crippen LogP contribution in [-0.2, 0) is 65.4 Å². The summed E-state index contributed by atoms with van der Waals surface area (Å²) in [6.07, 6.45) is 80.8. The molecule has 0 spiro atoms. The lowest BCUT2D eigenvalue weighted by atomic mass is 10.0. The van der Waals surface area contributed by atoms with E-state index in [0.717, 1.165) is 135 Å². The van der Waals surface area contributed by atoms with Gasteiger partial charge in [0, 0.05) is 25.7 Å². The maximum Gasteiger partial charge on any atom is 0.472 e. The zero-order chi connectivity index (χ0) is 74.6. The molecule has 0 bridgehead atoms. The number of phosphoric ester groups is 2. The van der Waals surface area contributed by atoms with Gasteiger partial charge in [0.15, 0.2) is 12.2 Å². The fourth-order valence-corrected chi connectivity index (χ4v) is 12.2. The largest absolute Gasteiger partial charge is 0.472 e. The Hall–Kier alpha value is -4.28. The number of aliphatic hydroxyl groups excluding tert-OH is 1. The lowest BCUT2D eigenvalue weighted by Gasteiger charge is -2.21. The molecule has 0 aromatic rings. The maximum atomic E-state index is 13.1. The van der Waals surface area contributed by atoms with Gasteiger partial charge in [-0.05, 0) is 103 Å². The topological polar surface area (TPSA) is 237 Å². The van der Waals surface area contributed by atoms with Crippen LogP contribution < -0.4 is 0 Å². The van der Waals surface area contributed by atoms with Gasteiger partial charge < -0.3 is 33.8 Å². The van der Waals surface area contributed by atoms with Crippen molar-refractivity contribution in [3.05, 3.63) is 109 Å². The van der Waals surface area contributed by atoms with Crippen molar-refractivity contribution in [2.45, 2.75) is 354 Å². The highest BCUT2D eigenvalue weighted by molar-refractivity contribution is 7.47. The van der Waals surface area contributed by atoms with Crippen LogP contribution in [0.15, 0.2) is 109 Å². The summed E-state index contributed by atoms with van der Waals surface area (Å²) in [5.74, 6) is -2.27. The van der Waals surface area contributed by atoms with E-state index >= 15 is 0 Å². The Morgan fingerprint density at radius 1 is 0.284 bits per heavy atom. The van der Waals surface area contributed by atoms with Gasteiger partial charge in [0.2, 0.25) is 0 Å². The summed E-state index contributed by atoms with van der Waals surface area (Å²) in [6, 6.07) is 0. The Morgan fingerprint density at radius 2 is 0.529 bits per heavy atom. The Kier molecular flexibility index (Phi) is 71.8. The molecular formula is C83H144O17P2. The number of aliphatic hydroxyl groups is 1. The van der Waals surface area contributed by atoms with Gasteiger partial charge in [-0.25, -0.2) is 9.13 Å². The number of ether oxygens (including phenoxy) is 4. The Bertz CT molecular complexity index is 2360. The monoisotopic (exact) mass is 1470 g/mol. The van der Waals surface area contributed by atoms with Gasteiger partial charge in [0.05, 0.1) is 26.4 Å². The molecule has 0 aromatic heterocycles. The standard InChI is InChI=1S/C83H144O17P2/c1-5-9-13-17-21-25-29-32-34-36-38-40-42-45-49-52-56-60-64-68-81(86)94-74-79(100-83(88)70-66-62-58-54-50-46-43-41-39-37-35-33-30-26-22-18-14-10-6-2)76-98-102(91,92)96-72-77(84)71-95-101(89,90)97-75-78(99-82(87)69-65-61-57-53-47-28-24-20-16-12-8-4)73-93-80(85)67-63-59-55-51-48-44-31-27-23-19-15-11-7-3/h9,13,21-22,25-26,32-35,38-41,45,49,56,60,77-79,84H,5-8,10-12,14-20,23-24,27-31,36-37,42-44,46-48,50-55,57-59,61-76H2,1-4H3,(H,89,90)(H,91,92)/b13-9-,25-21-,26-22-,34-32-,35-33-,40-38-,41-39-,49-45-,60-56-. The first-order valence-corrected chi connectivity index (χ1v) is 43.1. The molecular weight excluding hydrogens is 1330 g/mol. The second-order valence-electron chi connectivity index (χ2n) is 26.6. The first-order chi connectivity index (χ1) is 49.7. The predicted octanol–water partition coefficient (Wildman–Crippen LogP) is 23.3. The van der Waals surface area contributed by atoms with Crippen molar-refractivity contribution in [1.29, 1.82) is 0 Å². The quantitative estimate of drug-likeness (QED) is 0.0169. The lowest BCUT2D eigenvalue weighted by Crippen LogP contribution is -2.30. The van der Waals surface area contributed by atoms with Gasteiger partial charge in [0.1, 0.15) is 19.3 Å². The van der Waals surface area contributed by atoms with E-state index in [2.05, 4.69) is 119 Å². The van der Waals surface area contributed by atoms with Crippen LogP contribution in [0.1, 0.15) is 336 Å². The first-order valence-electron chi connectivity index (χ1n) is 40.1. The van der Waals surface area contributed by atoms with Crippen molar-refractivity contribution in [2.75, 3.05) is 39.6 Å². The van der Waals surface area contributed by atoms with Crippen LogP contribution in [-0.4, -0.2) is 96.7 Å². The summed E-state index contributed by atoms with van der Waals surface area (Å²) >= 11 is 0. The number of esters is 4. The fraction of sp³-hybridized carbons (Fsp3) is 0.735. The Morgan fingerprint density at radius 3 is 0.863 bits per heavy atom. The Labute approximate surface area is 619 Å². The van der Waals surface area contributed by atoms with Crippen molar-refractivity contribution in [3.63, 3.8) is 0 Å². The van der Waals surface area contributed by atoms with Crippen molar-refractivity contribution < 1.29 is 80.2 Å². The lowest BCUT2D eigenvalue weighted by molar-refractivity contribution is -0.161. The highest BCUT2D eigenvalue weighted by Gasteiger charge is 2.30. The van der Waals surface area contributed by atoms with E-state index in [1.807, 2.05) is 18.2 Å². The minimum Gasteiger partial charge on any atom is -0.462 e. The summed E-state index contributed by atoms with van der Waals surface area (Å²) < 4.78 is 68.5. The van der Waals surface area contributed by atoms with Crippen LogP contribution in [0.5, 0.6) is 0 Å². The molecule has 0 aromatic carbocycles. The highest BCUT2D eigenvalue weighted by Crippen LogP contribution is 2.45. The number of hydrogen-bond acceptors (Lipinski definition) is 15. The van der Waals surface area contributed by atoms with Crippen molar-refractivity contribution in [2.24, 2.45) is 0 Å². The maximum absolute atomic E-state index is 13.1. The molecule has 19 heteroatoms. The minimum atomic E-state index is -5.00. The molecule has 0 saturated heterocycles. The SMILES string of the molecule is CC/C=C\C/C=C\C/C=C\C/C=C\C/C=C\C/C=C\CCC(=O)OCC(COP(=O)(O)OCC(O)COP(=O)(O)OCC(COC(=O)CCCCCCCCCCCCCCC)OC(=O)CCCCCCCCCCCCC)OC(=O)CCCCCCCC/C=C\C/C=C\C/C=C\CCCCC. The molecule has 0 rings (SSSR count). The molecule has 0 saturated carbocycles. The van der Waals surface area contributed by atoms with Crippen LogP contribution in [0.3, 0.4) is 0 Å². The molecule has 0 radical (unpaired) electrons. The smallest absolute Gasteiger partial charge is 0.462 e. The molecule has 0 aliphatic carbocycles. The molecule has 17 nitrogen and oxygen atoms in total. The van der Waals surface area contributed by atoms with Crippen LogP contribution >= 0.6 is 15.6 Å². The molecule has 0 aliphatic rings. The van der Waals surface area contributed by atoms with E-state index < -0.39 is 97.5 Å². The zero-order valence-corrected chi connectivity index (χ0v) is 66.0. The van der Waals surface area contributed by atoms with E-state index in [9.17, 15) is 43.2 Å². The average Bonchev–Trinajstić information content (AvgIpc) is 0.940. The molecule has 0 fully saturated rings. The summed E-state index contributed by atoms with van der Waals surface area (Å²) in [4.78, 5) is 72.9. The summed E-state index contributed by atoms with van der Waals surface area (Å²) in [7, 11) is -9.97. The summed E-state index contributed by atoms with van der Waals surface area (Å²) in [5, 5.41) is 10.6. The normalized spacial score (nSPS) is 14.5.